The fourth-order valence-corrected chi connectivity index (χ4v) is 3.37. The van der Waals surface area contributed by atoms with Crippen LogP contribution in [-0.2, 0) is 6.61 Å². The van der Waals surface area contributed by atoms with E-state index >= 15 is 0 Å². The summed E-state index contributed by atoms with van der Waals surface area (Å²) in [5, 5.41) is 12.4. The van der Waals surface area contributed by atoms with Gasteiger partial charge in [0, 0.05) is 5.02 Å². The van der Waals surface area contributed by atoms with Crippen molar-refractivity contribution < 1.29 is 23.4 Å². The lowest BCUT2D eigenvalue weighted by molar-refractivity contribution is 0.0814. The highest BCUT2D eigenvalue weighted by Gasteiger charge is 2.23. The zero-order valence-electron chi connectivity index (χ0n) is 13.5. The van der Waals surface area contributed by atoms with Crippen molar-refractivity contribution in [2.75, 3.05) is 5.88 Å². The Morgan fingerprint density at radius 2 is 2.11 bits per heavy atom. The summed E-state index contributed by atoms with van der Waals surface area (Å²) in [6.45, 7) is -0.0785. The van der Waals surface area contributed by atoms with E-state index in [1.54, 1.807) is 12.1 Å². The maximum atomic E-state index is 14.5. The Kier molecular flexibility index (Phi) is 6.11. The highest BCUT2D eigenvalue weighted by atomic mass is 35.5. The van der Waals surface area contributed by atoms with E-state index in [0.717, 1.165) is 16.8 Å². The average Bonchev–Trinajstić information content (AvgIpc) is 3.02. The highest BCUT2D eigenvalue weighted by molar-refractivity contribution is 7.18. The Hall–Kier alpha value is -2.00. The third-order valence-corrected chi connectivity index (χ3v) is 5.01. The predicted molar refractivity (Wildman–Crippen MR) is 99.5 cm³/mol. The van der Waals surface area contributed by atoms with Gasteiger partial charge >= 0.3 is 0 Å². The number of nitrogens with zero attached hydrogens (tertiary/aromatic N) is 1. The van der Waals surface area contributed by atoms with E-state index in [-0.39, 0.29) is 18.2 Å². The lowest BCUT2D eigenvalue weighted by Gasteiger charge is -2.13. The van der Waals surface area contributed by atoms with Gasteiger partial charge in [-0.25, -0.2) is 13.8 Å². The molecule has 0 spiro atoms. The van der Waals surface area contributed by atoms with Crippen LogP contribution in [-0.4, -0.2) is 28.1 Å². The maximum absolute atomic E-state index is 14.5. The van der Waals surface area contributed by atoms with Crippen LogP contribution < -0.4 is 10.1 Å². The molecule has 0 fully saturated rings. The second kappa shape index (κ2) is 8.35. The number of aliphatic hydroxyl groups is 1. The third-order valence-electron chi connectivity index (χ3n) is 3.47. The van der Waals surface area contributed by atoms with Crippen molar-refractivity contribution in [2.24, 2.45) is 0 Å². The van der Waals surface area contributed by atoms with Crippen molar-refractivity contribution in [3.05, 3.63) is 57.6 Å². The quantitative estimate of drug-likeness (QED) is 0.454. The molecule has 142 valence electrons. The summed E-state index contributed by atoms with van der Waals surface area (Å²) in [4.78, 5) is 16.3. The molecule has 0 saturated heterocycles. The van der Waals surface area contributed by atoms with Crippen LogP contribution >= 0.6 is 34.5 Å². The van der Waals surface area contributed by atoms with Crippen molar-refractivity contribution in [3.63, 3.8) is 0 Å². The van der Waals surface area contributed by atoms with Gasteiger partial charge in [0.2, 0.25) is 0 Å². The number of aliphatic hydroxyl groups excluding tert-OH is 1. The Balaban J connectivity index is 1.80. The number of carbonyl (C=O) groups is 1. The lowest BCUT2D eigenvalue weighted by Crippen LogP contribution is -2.36. The van der Waals surface area contributed by atoms with Crippen LogP contribution in [0.25, 0.3) is 10.2 Å². The third kappa shape index (κ3) is 4.47. The average molecular weight is 433 g/mol. The van der Waals surface area contributed by atoms with Crippen LogP contribution in [0.4, 0.5) is 8.78 Å². The summed E-state index contributed by atoms with van der Waals surface area (Å²) in [6.07, 6.45) is -1.43. The summed E-state index contributed by atoms with van der Waals surface area (Å²) >= 11 is 12.6. The van der Waals surface area contributed by atoms with Crippen LogP contribution in [0.3, 0.4) is 0 Å². The molecule has 2 aromatic carbocycles. The summed E-state index contributed by atoms with van der Waals surface area (Å²) in [7, 11) is 0. The zero-order chi connectivity index (χ0) is 19.6. The van der Waals surface area contributed by atoms with Crippen molar-refractivity contribution in [1.82, 2.24) is 10.3 Å². The first-order valence-corrected chi connectivity index (χ1v) is 9.32. The Labute approximate surface area is 166 Å². The van der Waals surface area contributed by atoms with Gasteiger partial charge in [-0.3, -0.25) is 4.79 Å². The summed E-state index contributed by atoms with van der Waals surface area (Å²) in [6, 6.07) is 7.20. The largest absolute Gasteiger partial charge is 0.483 e. The minimum atomic E-state index is -1.43. The minimum Gasteiger partial charge on any atom is -0.483 e. The van der Waals surface area contributed by atoms with E-state index in [4.69, 9.17) is 27.9 Å². The first-order chi connectivity index (χ1) is 12.9. The number of benzene rings is 2. The number of rotatable bonds is 6. The van der Waals surface area contributed by atoms with Gasteiger partial charge < -0.3 is 15.2 Å². The lowest BCUT2D eigenvalue weighted by atomic mass is 10.1. The second-order valence-corrected chi connectivity index (χ2v) is 7.25. The molecule has 0 bridgehead atoms. The van der Waals surface area contributed by atoms with Crippen molar-refractivity contribution in [1.29, 1.82) is 0 Å². The summed E-state index contributed by atoms with van der Waals surface area (Å²) in [5.41, 5.74) is -0.187. The molecule has 3 aromatic rings. The van der Waals surface area contributed by atoms with Gasteiger partial charge in [-0.15, -0.1) is 22.9 Å². The molecule has 1 unspecified atom stereocenters. The molecule has 0 radical (unpaired) electrons. The van der Waals surface area contributed by atoms with E-state index in [1.807, 2.05) is 11.4 Å². The SMILES string of the molecule is O=C(NC(O)CCl)c1c(F)ccc(OCc2nc3cc(Cl)ccc3s2)c1F. The van der Waals surface area contributed by atoms with Gasteiger partial charge in [0.05, 0.1) is 16.1 Å². The summed E-state index contributed by atoms with van der Waals surface area (Å²) in [5.74, 6) is -4.06. The predicted octanol–water partition coefficient (Wildman–Crippen LogP) is 4.09. The molecular weight excluding hydrogens is 421 g/mol. The first kappa shape index (κ1) is 19.8. The van der Waals surface area contributed by atoms with Crippen LogP contribution in [0.2, 0.25) is 5.02 Å². The number of carbonyl (C=O) groups excluding carboxylic acids is 1. The fourth-order valence-electron chi connectivity index (χ4n) is 2.26. The molecular formula is C17H12Cl2F2N2O3S. The molecule has 3 rings (SSSR count). The molecule has 5 nitrogen and oxygen atoms in total. The maximum Gasteiger partial charge on any atom is 0.259 e. The number of fused-ring (bicyclic) bond motifs is 1. The molecule has 27 heavy (non-hydrogen) atoms. The van der Waals surface area contributed by atoms with Crippen LogP contribution in [0.15, 0.2) is 30.3 Å². The number of hydrogen-bond acceptors (Lipinski definition) is 5. The summed E-state index contributed by atoms with van der Waals surface area (Å²) < 4.78 is 34.7. The topological polar surface area (TPSA) is 71.5 Å². The molecule has 10 heteroatoms. The molecule has 0 saturated carbocycles. The molecule has 2 N–H and O–H groups in total. The molecule has 1 heterocycles. The number of halogens is 4. The Bertz CT molecular complexity index is 1000. The van der Waals surface area contributed by atoms with Gasteiger partial charge in [0.25, 0.3) is 5.91 Å². The molecule has 0 aliphatic rings. The molecule has 1 atom stereocenters. The fraction of sp³-hybridized carbons (Fsp3) is 0.176. The van der Waals surface area contributed by atoms with Crippen LogP contribution in [0.5, 0.6) is 5.75 Å². The Morgan fingerprint density at radius 3 is 2.85 bits per heavy atom. The highest BCUT2D eigenvalue weighted by Crippen LogP contribution is 2.28. The van der Waals surface area contributed by atoms with Gasteiger partial charge in [-0.2, -0.15) is 0 Å². The van der Waals surface area contributed by atoms with Crippen molar-refractivity contribution >= 4 is 50.7 Å². The smallest absolute Gasteiger partial charge is 0.259 e. The minimum absolute atomic E-state index is 0.0785. The molecule has 1 aromatic heterocycles. The van der Waals surface area contributed by atoms with Gasteiger partial charge in [-0.1, -0.05) is 11.6 Å². The number of nitrogens with one attached hydrogen (secondary N) is 1. The Morgan fingerprint density at radius 1 is 1.33 bits per heavy atom. The van der Waals surface area contributed by atoms with Gasteiger partial charge in [-0.05, 0) is 30.3 Å². The van der Waals surface area contributed by atoms with E-state index < -0.39 is 29.3 Å². The van der Waals surface area contributed by atoms with E-state index in [9.17, 15) is 18.7 Å². The molecule has 0 aliphatic carbocycles. The standard InChI is InChI=1S/C17H12Cl2F2N2O3S/c18-6-13(24)23-17(25)15-9(20)2-3-11(16(15)21)26-7-14-22-10-5-8(19)1-4-12(10)27-14/h1-5,13,24H,6-7H2,(H,23,25). The number of thiazole rings is 1. The van der Waals surface area contributed by atoms with E-state index in [0.29, 0.717) is 15.5 Å². The number of alkyl halides is 1. The number of amides is 1. The van der Waals surface area contributed by atoms with Crippen LogP contribution in [0, 0.1) is 11.6 Å². The molecule has 1 amide bonds. The van der Waals surface area contributed by atoms with Gasteiger partial charge in [0.1, 0.15) is 29.2 Å². The van der Waals surface area contributed by atoms with Gasteiger partial charge in [0.15, 0.2) is 11.6 Å². The zero-order valence-corrected chi connectivity index (χ0v) is 15.8. The van der Waals surface area contributed by atoms with E-state index in [2.05, 4.69) is 4.98 Å². The molecule has 0 aliphatic heterocycles. The second-order valence-electron chi connectivity index (χ2n) is 5.39. The van der Waals surface area contributed by atoms with Crippen LogP contribution in [0.1, 0.15) is 15.4 Å². The normalized spacial score (nSPS) is 12.2. The monoisotopic (exact) mass is 432 g/mol. The first-order valence-electron chi connectivity index (χ1n) is 7.59. The number of aromatic nitrogens is 1. The number of hydrogen-bond donors (Lipinski definition) is 2. The van der Waals surface area contributed by atoms with Crippen molar-refractivity contribution in [2.45, 2.75) is 12.8 Å². The van der Waals surface area contributed by atoms with Crippen molar-refractivity contribution in [3.8, 4) is 5.75 Å². The number of ether oxygens (including phenoxy) is 1. The van der Waals surface area contributed by atoms with E-state index in [1.165, 1.54) is 11.3 Å².